The quantitative estimate of drug-likeness (QED) is 0.932. The zero-order valence-electron chi connectivity index (χ0n) is 10.6. The second-order valence-electron chi connectivity index (χ2n) is 4.23. The van der Waals surface area contributed by atoms with Crippen LogP contribution in [0.5, 0.6) is 0 Å². The van der Waals surface area contributed by atoms with Gasteiger partial charge in [0.25, 0.3) is 6.43 Å². The minimum absolute atomic E-state index is 0.103. The third-order valence-corrected chi connectivity index (χ3v) is 3.27. The summed E-state index contributed by atoms with van der Waals surface area (Å²) in [5.74, 6) is 0. The summed E-state index contributed by atoms with van der Waals surface area (Å²) < 4.78 is 27.6. The molecule has 102 valence electrons. The molecule has 0 aliphatic heterocycles. The van der Waals surface area contributed by atoms with Crippen LogP contribution >= 0.6 is 11.6 Å². The Labute approximate surface area is 115 Å². The van der Waals surface area contributed by atoms with Crippen molar-refractivity contribution in [2.75, 3.05) is 7.05 Å². The summed E-state index contributed by atoms with van der Waals surface area (Å²) in [6.45, 7) is 2.20. The van der Waals surface area contributed by atoms with Crippen molar-refractivity contribution in [3.63, 3.8) is 0 Å². The van der Waals surface area contributed by atoms with Crippen molar-refractivity contribution in [1.29, 1.82) is 0 Å². The Balaban J connectivity index is 2.52. The van der Waals surface area contributed by atoms with Crippen molar-refractivity contribution in [3.8, 4) is 5.69 Å². The van der Waals surface area contributed by atoms with Gasteiger partial charge in [0.1, 0.15) is 5.69 Å². The van der Waals surface area contributed by atoms with E-state index < -0.39 is 6.43 Å². The molecule has 3 nitrogen and oxygen atoms in total. The minimum Gasteiger partial charge on any atom is -0.316 e. The average Bonchev–Trinajstić information content (AvgIpc) is 2.77. The Morgan fingerprint density at radius 1 is 1.42 bits per heavy atom. The molecule has 0 aliphatic rings. The number of nitrogens with zero attached hydrogens (tertiary/aromatic N) is 2. The third kappa shape index (κ3) is 2.77. The summed E-state index contributed by atoms with van der Waals surface area (Å²) in [4.78, 5) is 0. The van der Waals surface area contributed by atoms with Gasteiger partial charge in [-0.05, 0) is 31.7 Å². The van der Waals surface area contributed by atoms with Crippen molar-refractivity contribution in [1.82, 2.24) is 15.1 Å². The molecular formula is C13H14ClF2N3. The first-order chi connectivity index (χ1) is 9.04. The van der Waals surface area contributed by atoms with Crippen molar-refractivity contribution in [2.24, 2.45) is 0 Å². The van der Waals surface area contributed by atoms with Crippen LogP contribution in [-0.2, 0) is 6.54 Å². The number of alkyl halides is 2. The Kier molecular flexibility index (Phi) is 4.17. The van der Waals surface area contributed by atoms with E-state index in [1.165, 1.54) is 10.9 Å². The van der Waals surface area contributed by atoms with Crippen LogP contribution in [0.25, 0.3) is 5.69 Å². The fraction of sp³-hybridized carbons (Fsp3) is 0.308. The highest BCUT2D eigenvalue weighted by molar-refractivity contribution is 6.31. The van der Waals surface area contributed by atoms with Crippen LogP contribution in [0.1, 0.15) is 23.2 Å². The van der Waals surface area contributed by atoms with Gasteiger partial charge in [-0.15, -0.1) is 0 Å². The van der Waals surface area contributed by atoms with Crippen molar-refractivity contribution in [3.05, 3.63) is 46.2 Å². The average molecular weight is 286 g/mol. The lowest BCUT2D eigenvalue weighted by Gasteiger charge is -2.10. The number of benzene rings is 1. The van der Waals surface area contributed by atoms with Crippen LogP contribution < -0.4 is 5.32 Å². The van der Waals surface area contributed by atoms with E-state index >= 15 is 0 Å². The molecule has 0 aliphatic carbocycles. The van der Waals surface area contributed by atoms with Gasteiger partial charge >= 0.3 is 0 Å². The molecule has 2 aromatic rings. The number of hydrogen-bond donors (Lipinski definition) is 1. The van der Waals surface area contributed by atoms with E-state index in [2.05, 4.69) is 10.4 Å². The molecule has 0 fully saturated rings. The highest BCUT2D eigenvalue weighted by atomic mass is 35.5. The smallest absolute Gasteiger partial charge is 0.280 e. The molecule has 0 bridgehead atoms. The Morgan fingerprint density at radius 2 is 2.16 bits per heavy atom. The maximum absolute atomic E-state index is 13.2. The second kappa shape index (κ2) is 5.67. The van der Waals surface area contributed by atoms with E-state index in [4.69, 9.17) is 11.6 Å². The Morgan fingerprint density at radius 3 is 2.74 bits per heavy atom. The summed E-state index contributed by atoms with van der Waals surface area (Å²) >= 11 is 6.02. The highest BCUT2D eigenvalue weighted by Gasteiger charge is 2.20. The molecule has 1 aromatic carbocycles. The van der Waals surface area contributed by atoms with Crippen LogP contribution in [0.3, 0.4) is 0 Å². The molecular weight excluding hydrogens is 272 g/mol. The van der Waals surface area contributed by atoms with E-state index in [0.717, 1.165) is 5.56 Å². The van der Waals surface area contributed by atoms with Crippen LogP contribution in [0.4, 0.5) is 8.78 Å². The number of aryl methyl sites for hydroxylation is 1. The summed E-state index contributed by atoms with van der Waals surface area (Å²) in [5, 5.41) is 7.42. The molecule has 0 radical (unpaired) electrons. The Hall–Kier alpha value is -1.46. The first kappa shape index (κ1) is 14.0. The SMILES string of the molecule is CNCc1cnn(-c2ccc(C)c(Cl)c2)c1C(F)F. The number of nitrogens with one attached hydrogen (secondary N) is 1. The number of hydrogen-bond acceptors (Lipinski definition) is 2. The first-order valence-corrected chi connectivity index (χ1v) is 6.18. The summed E-state index contributed by atoms with van der Waals surface area (Å²) in [5.41, 5.74) is 1.81. The monoisotopic (exact) mass is 285 g/mol. The molecule has 1 N–H and O–H groups in total. The lowest BCUT2D eigenvalue weighted by atomic mass is 10.2. The van der Waals surface area contributed by atoms with Gasteiger partial charge in [0, 0.05) is 17.1 Å². The number of halogens is 3. The molecule has 0 unspecified atom stereocenters. The first-order valence-electron chi connectivity index (χ1n) is 5.80. The number of aromatic nitrogens is 2. The summed E-state index contributed by atoms with van der Waals surface area (Å²) in [6, 6.07) is 5.15. The molecule has 1 heterocycles. The van der Waals surface area contributed by atoms with Crippen molar-refractivity contribution < 1.29 is 8.78 Å². The van der Waals surface area contributed by atoms with E-state index in [9.17, 15) is 8.78 Å². The summed E-state index contributed by atoms with van der Waals surface area (Å²) in [7, 11) is 1.70. The van der Waals surface area contributed by atoms with Gasteiger partial charge in [-0.25, -0.2) is 13.5 Å². The lowest BCUT2D eigenvalue weighted by molar-refractivity contribution is 0.141. The molecule has 0 amide bonds. The highest BCUT2D eigenvalue weighted by Crippen LogP contribution is 2.27. The fourth-order valence-electron chi connectivity index (χ4n) is 1.87. The normalized spacial score (nSPS) is 11.3. The van der Waals surface area contributed by atoms with Gasteiger partial charge in [-0.2, -0.15) is 5.10 Å². The van der Waals surface area contributed by atoms with Gasteiger partial charge < -0.3 is 5.32 Å². The minimum atomic E-state index is -2.59. The molecule has 0 spiro atoms. The van der Waals surface area contributed by atoms with E-state index in [0.29, 0.717) is 22.8 Å². The third-order valence-electron chi connectivity index (χ3n) is 2.86. The molecule has 19 heavy (non-hydrogen) atoms. The zero-order chi connectivity index (χ0) is 14.0. The van der Waals surface area contributed by atoms with Crippen LogP contribution in [0.2, 0.25) is 5.02 Å². The second-order valence-corrected chi connectivity index (χ2v) is 4.64. The standard InChI is InChI=1S/C13H14ClF2N3/c1-8-3-4-10(5-11(8)14)19-12(13(15)16)9(6-17-2)7-18-19/h3-5,7,13,17H,6H2,1-2H3. The van der Waals surface area contributed by atoms with E-state index in [1.54, 1.807) is 25.2 Å². The van der Waals surface area contributed by atoms with E-state index in [-0.39, 0.29) is 5.69 Å². The van der Waals surface area contributed by atoms with E-state index in [1.807, 2.05) is 6.92 Å². The van der Waals surface area contributed by atoms with Crippen molar-refractivity contribution >= 4 is 11.6 Å². The molecule has 1 aromatic heterocycles. The van der Waals surface area contributed by atoms with Gasteiger partial charge in [0.05, 0.1) is 11.9 Å². The molecule has 0 saturated heterocycles. The van der Waals surface area contributed by atoms with Gasteiger partial charge in [0.15, 0.2) is 0 Å². The largest absolute Gasteiger partial charge is 0.316 e. The van der Waals surface area contributed by atoms with Gasteiger partial charge in [-0.1, -0.05) is 17.7 Å². The zero-order valence-corrected chi connectivity index (χ0v) is 11.4. The molecule has 0 atom stereocenters. The lowest BCUT2D eigenvalue weighted by Crippen LogP contribution is -2.09. The van der Waals surface area contributed by atoms with Gasteiger partial charge in [-0.3, -0.25) is 0 Å². The van der Waals surface area contributed by atoms with Crippen LogP contribution in [-0.4, -0.2) is 16.8 Å². The Bertz CT molecular complexity index is 581. The molecule has 0 saturated carbocycles. The molecule has 6 heteroatoms. The van der Waals surface area contributed by atoms with Crippen LogP contribution in [0.15, 0.2) is 24.4 Å². The fourth-order valence-corrected chi connectivity index (χ4v) is 2.05. The van der Waals surface area contributed by atoms with Gasteiger partial charge in [0.2, 0.25) is 0 Å². The predicted molar refractivity (Wildman–Crippen MR) is 71.0 cm³/mol. The number of rotatable bonds is 4. The summed E-state index contributed by atoms with van der Waals surface area (Å²) in [6.07, 6.45) is -1.14. The van der Waals surface area contributed by atoms with Crippen molar-refractivity contribution in [2.45, 2.75) is 19.9 Å². The maximum atomic E-state index is 13.2. The topological polar surface area (TPSA) is 29.9 Å². The molecule has 2 rings (SSSR count). The van der Waals surface area contributed by atoms with Crippen LogP contribution in [0, 0.1) is 6.92 Å². The predicted octanol–water partition coefficient (Wildman–Crippen LogP) is 3.49. The maximum Gasteiger partial charge on any atom is 0.280 e.